The van der Waals surface area contributed by atoms with Gasteiger partial charge in [0.25, 0.3) is 0 Å². The largest absolute Gasteiger partial charge is 0.573 e. The Kier molecular flexibility index (Phi) is 4.06. The van der Waals surface area contributed by atoms with E-state index in [0.29, 0.717) is 0 Å². The highest BCUT2D eigenvalue weighted by Crippen LogP contribution is 2.37. The van der Waals surface area contributed by atoms with Crippen molar-refractivity contribution in [3.8, 4) is 17.1 Å². The summed E-state index contributed by atoms with van der Waals surface area (Å²) in [6.45, 7) is 0. The van der Waals surface area contributed by atoms with Gasteiger partial charge in [-0.3, -0.25) is 0 Å². The number of aromatic nitrogens is 2. The van der Waals surface area contributed by atoms with E-state index in [9.17, 15) is 26.3 Å². The molecule has 0 saturated carbocycles. The summed E-state index contributed by atoms with van der Waals surface area (Å²) in [6.07, 6.45) is -9.49. The molecule has 0 aliphatic heterocycles. The molecule has 0 saturated heterocycles. The lowest BCUT2D eigenvalue weighted by molar-refractivity contribution is -0.274. The Hall–Kier alpha value is -2.42. The molecule has 1 N–H and O–H groups in total. The third-order valence-electron chi connectivity index (χ3n) is 3.22. The molecule has 0 unspecified atom stereocenters. The molecule has 0 radical (unpaired) electrons. The van der Waals surface area contributed by atoms with Crippen LogP contribution >= 0.6 is 11.6 Å². The van der Waals surface area contributed by atoms with Gasteiger partial charge in [0.2, 0.25) is 0 Å². The van der Waals surface area contributed by atoms with Crippen LogP contribution in [0.4, 0.5) is 26.3 Å². The molecular weight excluding hydrogens is 374 g/mol. The molecule has 3 aromatic rings. The van der Waals surface area contributed by atoms with Gasteiger partial charge in [-0.05, 0) is 36.4 Å². The molecule has 132 valence electrons. The zero-order chi connectivity index (χ0) is 18.4. The molecule has 1 aromatic heterocycles. The highest BCUT2D eigenvalue weighted by Gasteiger charge is 2.34. The molecule has 2 aromatic carbocycles. The maximum absolute atomic E-state index is 13.1. The highest BCUT2D eigenvalue weighted by atomic mass is 35.5. The minimum absolute atomic E-state index is 0.0568. The van der Waals surface area contributed by atoms with Crippen molar-refractivity contribution in [1.82, 2.24) is 9.97 Å². The lowest BCUT2D eigenvalue weighted by Crippen LogP contribution is -2.16. The van der Waals surface area contributed by atoms with Gasteiger partial charge in [0.15, 0.2) is 0 Å². The van der Waals surface area contributed by atoms with E-state index < -0.39 is 23.9 Å². The summed E-state index contributed by atoms with van der Waals surface area (Å²) < 4.78 is 79.4. The van der Waals surface area contributed by atoms with E-state index in [1.165, 1.54) is 18.2 Å². The van der Waals surface area contributed by atoms with E-state index >= 15 is 0 Å². The van der Waals surface area contributed by atoms with E-state index in [2.05, 4.69) is 14.7 Å². The number of benzene rings is 2. The van der Waals surface area contributed by atoms with Crippen molar-refractivity contribution >= 4 is 22.6 Å². The normalized spacial score (nSPS) is 12.6. The molecule has 1 heterocycles. The Bertz CT molecular complexity index is 915. The van der Waals surface area contributed by atoms with Crippen molar-refractivity contribution in [1.29, 1.82) is 0 Å². The van der Waals surface area contributed by atoms with Crippen molar-refractivity contribution in [3.05, 3.63) is 47.0 Å². The van der Waals surface area contributed by atoms with E-state index in [1.54, 1.807) is 0 Å². The van der Waals surface area contributed by atoms with E-state index in [4.69, 9.17) is 11.6 Å². The smallest absolute Gasteiger partial charge is 0.406 e. The van der Waals surface area contributed by atoms with Gasteiger partial charge in [0, 0.05) is 10.6 Å². The van der Waals surface area contributed by atoms with Crippen molar-refractivity contribution < 1.29 is 31.1 Å². The Labute approximate surface area is 141 Å². The maximum Gasteiger partial charge on any atom is 0.573 e. The molecule has 0 bridgehead atoms. The number of halogens is 7. The van der Waals surface area contributed by atoms with E-state index in [0.717, 1.165) is 18.2 Å². The average Bonchev–Trinajstić information content (AvgIpc) is 2.88. The topological polar surface area (TPSA) is 37.9 Å². The maximum atomic E-state index is 13.1. The van der Waals surface area contributed by atoms with Crippen LogP contribution < -0.4 is 4.74 Å². The van der Waals surface area contributed by atoms with Gasteiger partial charge in [-0.1, -0.05) is 11.6 Å². The van der Waals surface area contributed by atoms with Gasteiger partial charge in [0.1, 0.15) is 17.1 Å². The lowest BCUT2D eigenvalue weighted by atomic mass is 10.2. The van der Waals surface area contributed by atoms with Crippen LogP contribution in [0.3, 0.4) is 0 Å². The van der Waals surface area contributed by atoms with Crippen LogP contribution in [0, 0.1) is 0 Å². The molecular formula is C15H7ClF6N2O. The Morgan fingerprint density at radius 1 is 0.960 bits per heavy atom. The van der Waals surface area contributed by atoms with E-state index in [1.807, 2.05) is 0 Å². The van der Waals surface area contributed by atoms with Gasteiger partial charge < -0.3 is 9.72 Å². The number of fused-ring (bicyclic) bond motifs is 1. The summed E-state index contributed by atoms with van der Waals surface area (Å²) in [4.78, 5) is 6.57. The average molecular weight is 381 g/mol. The fraction of sp³-hybridized carbons (Fsp3) is 0.133. The number of nitrogens with one attached hydrogen (secondary N) is 1. The summed E-state index contributed by atoms with van der Waals surface area (Å²) in [5.41, 5.74) is -0.988. The number of aromatic amines is 1. The molecule has 0 amide bonds. The second-order valence-electron chi connectivity index (χ2n) is 5.00. The number of hydrogen-bond donors (Lipinski definition) is 1. The van der Waals surface area contributed by atoms with Crippen LogP contribution in [0.1, 0.15) is 5.56 Å². The molecule has 25 heavy (non-hydrogen) atoms. The number of ether oxygens (including phenoxy) is 1. The minimum atomic E-state index is -4.83. The van der Waals surface area contributed by atoms with E-state index in [-0.39, 0.29) is 27.4 Å². The molecule has 3 rings (SSSR count). The first-order chi connectivity index (χ1) is 11.5. The fourth-order valence-corrected chi connectivity index (χ4v) is 2.47. The molecule has 0 aliphatic carbocycles. The predicted octanol–water partition coefficient (Wildman–Crippen LogP) is 5.80. The van der Waals surface area contributed by atoms with Crippen LogP contribution in [0.15, 0.2) is 36.4 Å². The summed E-state index contributed by atoms with van der Waals surface area (Å²) in [7, 11) is 0. The zero-order valence-electron chi connectivity index (χ0n) is 12.0. The summed E-state index contributed by atoms with van der Waals surface area (Å²) in [5.74, 6) is -0.396. The van der Waals surface area contributed by atoms with Gasteiger partial charge in [-0.25, -0.2) is 4.98 Å². The number of nitrogens with zero attached hydrogens (tertiary/aromatic N) is 1. The first kappa shape index (κ1) is 17.4. The van der Waals surface area contributed by atoms with Crippen molar-refractivity contribution in [2.75, 3.05) is 0 Å². The Morgan fingerprint density at radius 2 is 1.60 bits per heavy atom. The molecule has 0 atom stereocenters. The molecule has 0 aliphatic rings. The van der Waals surface area contributed by atoms with Crippen LogP contribution in [0.5, 0.6) is 5.75 Å². The van der Waals surface area contributed by atoms with Gasteiger partial charge in [-0.2, -0.15) is 13.2 Å². The SMILES string of the molecule is FC(F)(F)Oc1ccc(-c2nc3c(C(F)(F)F)cc(Cl)cc3[nH]2)cc1. The summed E-state index contributed by atoms with van der Waals surface area (Å²) in [5, 5.41) is -0.121. The second-order valence-corrected chi connectivity index (χ2v) is 5.44. The third kappa shape index (κ3) is 3.81. The van der Waals surface area contributed by atoms with Crippen molar-refractivity contribution in [2.24, 2.45) is 0 Å². The number of imidazole rings is 1. The van der Waals surface area contributed by atoms with Crippen molar-refractivity contribution in [2.45, 2.75) is 12.5 Å². The summed E-state index contributed by atoms with van der Waals surface area (Å²) in [6, 6.07) is 6.60. The number of H-pyrrole nitrogens is 1. The molecule has 0 spiro atoms. The first-order valence-electron chi connectivity index (χ1n) is 6.65. The van der Waals surface area contributed by atoms with Gasteiger partial charge in [-0.15, -0.1) is 13.2 Å². The predicted molar refractivity (Wildman–Crippen MR) is 78.2 cm³/mol. The van der Waals surface area contributed by atoms with Crippen LogP contribution in [0.25, 0.3) is 22.4 Å². The fourth-order valence-electron chi connectivity index (χ4n) is 2.25. The van der Waals surface area contributed by atoms with Crippen LogP contribution in [-0.2, 0) is 6.18 Å². The second kappa shape index (κ2) is 5.83. The number of hydrogen-bond acceptors (Lipinski definition) is 2. The molecule has 0 fully saturated rings. The van der Waals surface area contributed by atoms with Crippen LogP contribution in [-0.4, -0.2) is 16.3 Å². The Morgan fingerprint density at radius 3 is 2.16 bits per heavy atom. The highest BCUT2D eigenvalue weighted by molar-refractivity contribution is 6.31. The molecule has 3 nitrogen and oxygen atoms in total. The zero-order valence-corrected chi connectivity index (χ0v) is 12.7. The van der Waals surface area contributed by atoms with Gasteiger partial charge in [0.05, 0.1) is 11.1 Å². The monoisotopic (exact) mass is 380 g/mol. The first-order valence-corrected chi connectivity index (χ1v) is 7.03. The standard InChI is InChI=1S/C15H7ClF6N2O/c16-8-5-10(14(17,18)19)12-11(6-8)23-13(24-12)7-1-3-9(4-2-7)25-15(20,21)22/h1-6H,(H,23,24). The number of alkyl halides is 6. The van der Waals surface area contributed by atoms with Crippen LogP contribution in [0.2, 0.25) is 5.02 Å². The number of rotatable bonds is 2. The quantitative estimate of drug-likeness (QED) is 0.570. The minimum Gasteiger partial charge on any atom is -0.406 e. The molecule has 10 heteroatoms. The summed E-state index contributed by atoms with van der Waals surface area (Å²) >= 11 is 5.70. The van der Waals surface area contributed by atoms with Gasteiger partial charge >= 0.3 is 12.5 Å². The van der Waals surface area contributed by atoms with Crippen molar-refractivity contribution in [3.63, 3.8) is 0 Å². The lowest BCUT2D eigenvalue weighted by Gasteiger charge is -2.08. The Balaban J connectivity index is 2.02. The third-order valence-corrected chi connectivity index (χ3v) is 3.44.